The Hall–Kier alpha value is -0.610. The largest absolute Gasteiger partial charge is 0.462 e. The highest BCUT2D eigenvalue weighted by molar-refractivity contribution is 5.69. The fourth-order valence-corrected chi connectivity index (χ4v) is 4.79. The molecular weight excluding hydrogens is 448 g/mol. The highest BCUT2D eigenvalue weighted by Gasteiger charge is 2.14. The summed E-state index contributed by atoms with van der Waals surface area (Å²) in [5.41, 5.74) is 0. The molecule has 0 spiro atoms. The van der Waals surface area contributed by atoms with E-state index >= 15 is 0 Å². The lowest BCUT2D eigenvalue weighted by Gasteiger charge is -2.18. The predicted molar refractivity (Wildman–Crippen MR) is 155 cm³/mol. The van der Waals surface area contributed by atoms with Crippen molar-refractivity contribution in [1.29, 1.82) is 0 Å². The second kappa shape index (κ2) is 30.6. The lowest BCUT2D eigenvalue weighted by Crippen LogP contribution is -2.19. The van der Waals surface area contributed by atoms with Crippen molar-refractivity contribution in [3.8, 4) is 0 Å². The summed E-state index contributed by atoms with van der Waals surface area (Å²) >= 11 is 0. The third-order valence-electron chi connectivity index (χ3n) is 7.16. The lowest BCUT2D eigenvalue weighted by atomic mass is 10.0. The third-order valence-corrected chi connectivity index (χ3v) is 7.16. The highest BCUT2D eigenvalue weighted by atomic mass is 16.5. The van der Waals surface area contributed by atoms with Crippen LogP contribution in [-0.2, 0) is 19.0 Å². The van der Waals surface area contributed by atoms with Crippen LogP contribution in [0.4, 0.5) is 0 Å². The Bertz CT molecular complexity index is 402. The predicted octanol–water partition coefficient (Wildman–Crippen LogP) is 9.96. The maximum Gasteiger partial charge on any atom is 0.306 e. The van der Waals surface area contributed by atoms with Gasteiger partial charge in [0.1, 0.15) is 6.10 Å². The second-order valence-electron chi connectivity index (χ2n) is 10.8. The Morgan fingerprint density at radius 3 is 1.36 bits per heavy atom. The number of carbonyl (C=O) groups excluding carboxylic acids is 1. The van der Waals surface area contributed by atoms with Crippen LogP contribution >= 0.6 is 0 Å². The van der Waals surface area contributed by atoms with Crippen LogP contribution in [0.5, 0.6) is 0 Å². The summed E-state index contributed by atoms with van der Waals surface area (Å²) in [6.45, 7) is 6.34. The molecule has 0 bridgehead atoms. The van der Waals surface area contributed by atoms with Gasteiger partial charge in [-0.3, -0.25) is 4.79 Å². The molecule has 36 heavy (non-hydrogen) atoms. The zero-order valence-corrected chi connectivity index (χ0v) is 24.8. The Kier molecular flexibility index (Phi) is 30.1. The van der Waals surface area contributed by atoms with Crippen LogP contribution in [0.25, 0.3) is 0 Å². The van der Waals surface area contributed by atoms with Crippen LogP contribution in [0.3, 0.4) is 0 Å². The van der Waals surface area contributed by atoms with Crippen LogP contribution in [0.1, 0.15) is 168 Å². The molecule has 0 amide bonds. The molecule has 0 fully saturated rings. The van der Waals surface area contributed by atoms with Gasteiger partial charge in [0.25, 0.3) is 0 Å². The lowest BCUT2D eigenvalue weighted by molar-refractivity contribution is -0.150. The topological polar surface area (TPSA) is 44.8 Å². The first kappa shape index (κ1) is 35.4. The second-order valence-corrected chi connectivity index (χ2v) is 10.8. The smallest absolute Gasteiger partial charge is 0.306 e. The van der Waals surface area contributed by atoms with E-state index < -0.39 is 0 Å². The van der Waals surface area contributed by atoms with E-state index in [0.29, 0.717) is 26.2 Å². The van der Waals surface area contributed by atoms with E-state index in [9.17, 15) is 4.79 Å². The van der Waals surface area contributed by atoms with Crippen molar-refractivity contribution < 1.29 is 19.0 Å². The van der Waals surface area contributed by atoms with Crippen molar-refractivity contribution in [2.75, 3.05) is 26.9 Å². The first-order valence-electron chi connectivity index (χ1n) is 16.0. The molecule has 0 aliphatic heterocycles. The van der Waals surface area contributed by atoms with Crippen LogP contribution in [0, 0.1) is 0 Å². The van der Waals surface area contributed by atoms with Gasteiger partial charge in [-0.05, 0) is 32.1 Å². The monoisotopic (exact) mass is 512 g/mol. The average Bonchev–Trinajstić information content (AvgIpc) is 2.88. The summed E-state index contributed by atoms with van der Waals surface area (Å²) in [5.74, 6) is -0.0468. The molecule has 0 saturated heterocycles. The van der Waals surface area contributed by atoms with Crippen molar-refractivity contribution in [2.45, 2.75) is 174 Å². The van der Waals surface area contributed by atoms with Gasteiger partial charge in [0.2, 0.25) is 0 Å². The maximum absolute atomic E-state index is 12.4. The molecule has 0 atom stereocenters. The minimum atomic E-state index is -0.0468. The van der Waals surface area contributed by atoms with Gasteiger partial charge in [0.15, 0.2) is 0 Å². The molecule has 4 nitrogen and oxygen atoms in total. The van der Waals surface area contributed by atoms with E-state index in [4.69, 9.17) is 14.2 Å². The molecule has 0 N–H and O–H groups in total. The molecule has 0 aliphatic rings. The molecule has 0 aromatic rings. The number of unbranched alkanes of at least 4 members (excludes halogenated alkanes) is 18. The van der Waals surface area contributed by atoms with Crippen LogP contribution in [0.15, 0.2) is 0 Å². The SMILES string of the molecule is CCCCCCCCCCCCC(CCCCCCCCCCCC)OC(=O)CCCOCCOC. The van der Waals surface area contributed by atoms with E-state index in [2.05, 4.69) is 13.8 Å². The van der Waals surface area contributed by atoms with Crippen molar-refractivity contribution in [3.63, 3.8) is 0 Å². The summed E-state index contributed by atoms with van der Waals surface area (Å²) in [7, 11) is 1.67. The fraction of sp³-hybridized carbons (Fsp3) is 0.969. The number of ether oxygens (including phenoxy) is 3. The van der Waals surface area contributed by atoms with E-state index in [1.54, 1.807) is 7.11 Å². The Labute approximate surface area is 226 Å². The van der Waals surface area contributed by atoms with Gasteiger partial charge < -0.3 is 14.2 Å². The molecule has 0 rings (SSSR count). The molecule has 4 heteroatoms. The van der Waals surface area contributed by atoms with Gasteiger partial charge in [-0.1, -0.05) is 129 Å². The summed E-state index contributed by atoms with van der Waals surface area (Å²) in [4.78, 5) is 12.4. The minimum absolute atomic E-state index is 0.0468. The molecule has 0 aromatic carbocycles. The summed E-state index contributed by atoms with van der Waals surface area (Å²) in [5, 5.41) is 0. The molecular formula is C32H64O4. The van der Waals surface area contributed by atoms with Crippen LogP contribution < -0.4 is 0 Å². The van der Waals surface area contributed by atoms with Crippen molar-refractivity contribution in [2.24, 2.45) is 0 Å². The zero-order chi connectivity index (χ0) is 26.4. The molecule has 0 aromatic heterocycles. The van der Waals surface area contributed by atoms with E-state index in [1.807, 2.05) is 0 Å². The van der Waals surface area contributed by atoms with Gasteiger partial charge in [-0.15, -0.1) is 0 Å². The molecule has 0 radical (unpaired) electrons. The Balaban J connectivity index is 4.02. The first-order chi connectivity index (χ1) is 17.7. The molecule has 0 unspecified atom stereocenters. The fourth-order valence-electron chi connectivity index (χ4n) is 4.79. The van der Waals surface area contributed by atoms with Crippen molar-refractivity contribution >= 4 is 5.97 Å². The van der Waals surface area contributed by atoms with Gasteiger partial charge >= 0.3 is 5.97 Å². The normalized spacial score (nSPS) is 11.4. The third kappa shape index (κ3) is 28.0. The zero-order valence-electron chi connectivity index (χ0n) is 24.8. The van der Waals surface area contributed by atoms with Gasteiger partial charge in [-0.2, -0.15) is 0 Å². The highest BCUT2D eigenvalue weighted by Crippen LogP contribution is 2.18. The Morgan fingerprint density at radius 1 is 0.528 bits per heavy atom. The van der Waals surface area contributed by atoms with E-state index in [-0.39, 0.29) is 12.1 Å². The molecule has 216 valence electrons. The Morgan fingerprint density at radius 2 is 0.944 bits per heavy atom. The van der Waals surface area contributed by atoms with Crippen LogP contribution in [-0.4, -0.2) is 39.0 Å². The maximum atomic E-state index is 12.4. The first-order valence-corrected chi connectivity index (χ1v) is 16.0. The van der Waals surface area contributed by atoms with Gasteiger partial charge in [0.05, 0.1) is 13.2 Å². The van der Waals surface area contributed by atoms with Crippen molar-refractivity contribution in [1.82, 2.24) is 0 Å². The summed E-state index contributed by atoms with van der Waals surface area (Å²) in [6, 6.07) is 0. The number of hydrogen-bond acceptors (Lipinski definition) is 4. The summed E-state index contributed by atoms with van der Waals surface area (Å²) < 4.78 is 16.4. The van der Waals surface area contributed by atoms with Crippen molar-refractivity contribution in [3.05, 3.63) is 0 Å². The van der Waals surface area contributed by atoms with Gasteiger partial charge in [0, 0.05) is 20.1 Å². The number of methoxy groups -OCH3 is 1. The molecule has 0 aliphatic carbocycles. The standard InChI is InChI=1S/C32H64O4/c1-4-6-8-10-12-14-16-18-20-22-25-31(36-32(33)27-24-28-35-30-29-34-3)26-23-21-19-17-15-13-11-9-7-5-2/h31H,4-30H2,1-3H3. The number of carbonyl (C=O) groups is 1. The quantitative estimate of drug-likeness (QED) is 0.0709. The number of esters is 1. The molecule has 0 heterocycles. The van der Waals surface area contributed by atoms with E-state index in [1.165, 1.54) is 128 Å². The summed E-state index contributed by atoms with van der Waals surface area (Å²) in [6.07, 6.45) is 30.2. The minimum Gasteiger partial charge on any atom is -0.462 e. The van der Waals surface area contributed by atoms with Crippen LogP contribution in [0.2, 0.25) is 0 Å². The molecule has 0 saturated carbocycles. The number of rotatable bonds is 30. The number of hydrogen-bond donors (Lipinski definition) is 0. The average molecular weight is 513 g/mol. The van der Waals surface area contributed by atoms with Gasteiger partial charge in [-0.25, -0.2) is 0 Å². The van der Waals surface area contributed by atoms with E-state index in [0.717, 1.165) is 19.3 Å².